The third-order valence-corrected chi connectivity index (χ3v) is 16.8. The molecule has 68 heavy (non-hydrogen) atoms. The summed E-state index contributed by atoms with van der Waals surface area (Å²) < 4.78 is 0. The first-order valence-electron chi connectivity index (χ1n) is 25.2. The molecule has 0 spiro atoms. The van der Waals surface area contributed by atoms with E-state index in [1.807, 2.05) is 0 Å². The summed E-state index contributed by atoms with van der Waals surface area (Å²) in [5.74, 6) is 0. The van der Waals surface area contributed by atoms with Crippen molar-refractivity contribution in [2.24, 2.45) is 0 Å². The number of rotatable bonds is 3. The topological polar surface area (TPSA) is 6.48 Å². The molecule has 0 radical (unpaired) electrons. The van der Waals surface area contributed by atoms with E-state index in [0.29, 0.717) is 0 Å². The fraction of sp³-hybridized carbons (Fsp3) is 0.292. The largest absolute Gasteiger partial charge is 0.376 e. The minimum Gasteiger partial charge on any atom is -0.376 e. The fourth-order valence-electron chi connectivity index (χ4n) is 12.7. The summed E-state index contributed by atoms with van der Waals surface area (Å²) in [5, 5.41) is 2.58. The van der Waals surface area contributed by atoms with Crippen LogP contribution >= 0.6 is 0 Å². The molecule has 0 saturated carbocycles. The molecule has 338 valence electrons. The van der Waals surface area contributed by atoms with Gasteiger partial charge in [-0.05, 0) is 160 Å². The molecule has 0 saturated heterocycles. The first-order valence-corrected chi connectivity index (χ1v) is 25.2. The van der Waals surface area contributed by atoms with E-state index in [2.05, 4.69) is 244 Å². The molecule has 12 rings (SSSR count). The maximum absolute atomic E-state index is 2.76. The second-order valence-corrected chi connectivity index (χ2v) is 24.5. The second kappa shape index (κ2) is 14.4. The molecule has 8 aromatic rings. The molecule has 0 unspecified atom stereocenters. The molecule has 2 heterocycles. The van der Waals surface area contributed by atoms with Crippen LogP contribution in [0.1, 0.15) is 129 Å². The zero-order valence-electron chi connectivity index (χ0n) is 42.3. The van der Waals surface area contributed by atoms with Crippen LogP contribution in [0.3, 0.4) is 0 Å². The van der Waals surface area contributed by atoms with Gasteiger partial charge >= 0.3 is 6.85 Å². The van der Waals surface area contributed by atoms with E-state index < -0.39 is 0 Å². The predicted octanol–water partition coefficient (Wildman–Crippen LogP) is 16.5. The highest BCUT2D eigenvalue weighted by atomic mass is 15.2. The Hall–Kier alpha value is -6.32. The number of hydrogen-bond acceptors (Lipinski definition) is 2. The van der Waals surface area contributed by atoms with Crippen LogP contribution in [0.15, 0.2) is 152 Å². The smallest absolute Gasteiger partial charge is 0.333 e. The molecule has 3 heteroatoms. The molecule has 4 aliphatic rings. The van der Waals surface area contributed by atoms with Gasteiger partial charge in [0.1, 0.15) is 0 Å². The first-order chi connectivity index (χ1) is 32.2. The van der Waals surface area contributed by atoms with Gasteiger partial charge in [-0.2, -0.15) is 0 Å². The van der Waals surface area contributed by atoms with Crippen molar-refractivity contribution >= 4 is 57.0 Å². The van der Waals surface area contributed by atoms with Crippen molar-refractivity contribution in [1.82, 2.24) is 0 Å². The standard InChI is InChI=1S/C65H65BN2/c1-61(2,3)42-26-29-44(30-27-42)68-56-39-53-52(63(7,8)32-33-64(53,9)10)36-49(56)59-45-23-17-16-22-41(45)34-58-60(59)66(68)54-37-48-46-24-18-19-25-50(46)65(11,12)51(48)38-57(54)67(58)55-31-28-43(62(4,5)6)35-47(55)40-20-14-13-15-21-40/h13-31,34-39H,32-33H2,1-12H3. The highest BCUT2D eigenvalue weighted by molar-refractivity contribution is 6.94. The van der Waals surface area contributed by atoms with E-state index >= 15 is 0 Å². The molecular formula is C65H65BN2. The minimum atomic E-state index is -0.182. The Balaban J connectivity index is 1.27. The second-order valence-electron chi connectivity index (χ2n) is 24.5. The van der Waals surface area contributed by atoms with Gasteiger partial charge in [0, 0.05) is 39.3 Å². The van der Waals surface area contributed by atoms with Gasteiger partial charge in [-0.25, -0.2) is 0 Å². The lowest BCUT2D eigenvalue weighted by Gasteiger charge is -2.49. The van der Waals surface area contributed by atoms with Gasteiger partial charge in [0.2, 0.25) is 0 Å². The van der Waals surface area contributed by atoms with Crippen molar-refractivity contribution in [3.63, 3.8) is 0 Å². The van der Waals surface area contributed by atoms with Crippen molar-refractivity contribution in [1.29, 1.82) is 0 Å². The van der Waals surface area contributed by atoms with Crippen molar-refractivity contribution in [2.75, 3.05) is 9.71 Å². The fourth-order valence-corrected chi connectivity index (χ4v) is 12.7. The Kier molecular flexibility index (Phi) is 9.08. The number of benzene rings is 8. The molecule has 0 aromatic heterocycles. The SMILES string of the molecule is CC(C)(C)c1ccc(N2B3c4cc5c(cc4N(c4ccc(C(C)(C)C)cc4-c4ccccc4)c4cc6ccccc6c(c43)-c3cc4c(cc32)C(C)(C)CCC4(C)C)C(C)(C)c2ccccc2-5)cc1. The van der Waals surface area contributed by atoms with Gasteiger partial charge in [0.15, 0.2) is 0 Å². The lowest BCUT2D eigenvalue weighted by molar-refractivity contribution is 0.332. The van der Waals surface area contributed by atoms with E-state index in [1.54, 1.807) is 0 Å². The van der Waals surface area contributed by atoms with E-state index in [1.165, 1.54) is 117 Å². The summed E-state index contributed by atoms with van der Waals surface area (Å²) in [7, 11) is 0. The Morgan fingerprint density at radius 1 is 0.456 bits per heavy atom. The molecule has 0 N–H and O–H groups in total. The zero-order valence-corrected chi connectivity index (χ0v) is 42.3. The van der Waals surface area contributed by atoms with Crippen molar-refractivity contribution in [2.45, 2.75) is 123 Å². The zero-order chi connectivity index (χ0) is 47.4. The van der Waals surface area contributed by atoms with Crippen molar-refractivity contribution < 1.29 is 0 Å². The van der Waals surface area contributed by atoms with Gasteiger partial charge in [0.25, 0.3) is 0 Å². The Morgan fingerprint density at radius 3 is 1.78 bits per heavy atom. The summed E-state index contributed by atoms with van der Waals surface area (Å²) in [6, 6.07) is 59.4. The maximum Gasteiger partial charge on any atom is 0.333 e. The van der Waals surface area contributed by atoms with Crippen LogP contribution in [0.2, 0.25) is 0 Å². The molecule has 0 atom stereocenters. The Morgan fingerprint density at radius 2 is 1.07 bits per heavy atom. The predicted molar refractivity (Wildman–Crippen MR) is 293 cm³/mol. The third kappa shape index (κ3) is 6.23. The van der Waals surface area contributed by atoms with Gasteiger partial charge in [-0.1, -0.05) is 186 Å². The van der Waals surface area contributed by atoms with Gasteiger partial charge in [-0.15, -0.1) is 0 Å². The summed E-state index contributed by atoms with van der Waals surface area (Å²) in [5.41, 5.74) is 25.2. The Bertz CT molecular complexity index is 3390. The van der Waals surface area contributed by atoms with Crippen LogP contribution < -0.4 is 20.6 Å². The van der Waals surface area contributed by atoms with Crippen LogP contribution in [0, 0.1) is 0 Å². The van der Waals surface area contributed by atoms with E-state index in [-0.39, 0.29) is 33.9 Å². The molecule has 0 fully saturated rings. The number of hydrogen-bond donors (Lipinski definition) is 0. The summed E-state index contributed by atoms with van der Waals surface area (Å²) in [4.78, 5) is 5.44. The number of fused-ring (bicyclic) bond motifs is 10. The van der Waals surface area contributed by atoms with Crippen molar-refractivity contribution in [3.8, 4) is 33.4 Å². The molecule has 0 bridgehead atoms. The molecular weight excluding hydrogens is 820 g/mol. The molecule has 2 nitrogen and oxygen atoms in total. The van der Waals surface area contributed by atoms with Gasteiger partial charge in [-0.3, -0.25) is 0 Å². The lowest BCUT2D eigenvalue weighted by Crippen LogP contribution is -2.62. The highest BCUT2D eigenvalue weighted by Gasteiger charge is 2.49. The minimum absolute atomic E-state index is 0.0278. The van der Waals surface area contributed by atoms with Gasteiger partial charge < -0.3 is 9.71 Å². The van der Waals surface area contributed by atoms with Crippen LogP contribution in [-0.4, -0.2) is 6.85 Å². The van der Waals surface area contributed by atoms with E-state index in [0.717, 1.165) is 12.8 Å². The average molecular weight is 885 g/mol. The van der Waals surface area contributed by atoms with E-state index in [4.69, 9.17) is 0 Å². The quantitative estimate of drug-likeness (QED) is 0.163. The van der Waals surface area contributed by atoms with E-state index in [9.17, 15) is 0 Å². The number of nitrogens with zero attached hydrogens (tertiary/aromatic N) is 2. The molecule has 8 aromatic carbocycles. The third-order valence-electron chi connectivity index (χ3n) is 16.8. The van der Waals surface area contributed by atoms with Crippen molar-refractivity contribution in [3.05, 3.63) is 185 Å². The summed E-state index contributed by atoms with van der Waals surface area (Å²) in [6.07, 6.45) is 2.33. The molecule has 0 amide bonds. The molecule has 2 aliphatic carbocycles. The summed E-state index contributed by atoms with van der Waals surface area (Å²) >= 11 is 0. The normalized spacial score (nSPS) is 17.0. The van der Waals surface area contributed by atoms with Crippen LogP contribution in [0.25, 0.3) is 44.2 Å². The molecule has 2 aliphatic heterocycles. The summed E-state index contributed by atoms with van der Waals surface area (Å²) in [6.45, 7) is 28.6. The van der Waals surface area contributed by atoms with Crippen LogP contribution in [0.5, 0.6) is 0 Å². The number of anilines is 5. The Labute approximate surface area is 406 Å². The van der Waals surface area contributed by atoms with Crippen LogP contribution in [-0.2, 0) is 27.1 Å². The average Bonchev–Trinajstić information content (AvgIpc) is 3.53. The maximum atomic E-state index is 2.76. The lowest BCUT2D eigenvalue weighted by atomic mass is 9.42. The monoisotopic (exact) mass is 885 g/mol. The van der Waals surface area contributed by atoms with Crippen LogP contribution in [0.4, 0.5) is 28.4 Å². The first kappa shape index (κ1) is 43.0. The van der Waals surface area contributed by atoms with Gasteiger partial charge in [0.05, 0.1) is 5.69 Å². The highest BCUT2D eigenvalue weighted by Crippen LogP contribution is 2.57.